The smallest absolute Gasteiger partial charge is 0.220 e. The summed E-state index contributed by atoms with van der Waals surface area (Å²) in [5, 5.41) is 87.8. The molecule has 0 aromatic carbocycles. The predicted octanol–water partition coefficient (Wildman–Crippen LogP) is 16.9. The predicted molar refractivity (Wildman–Crippen MR) is 374 cm³/mol. The Labute approximate surface area is 557 Å². The van der Waals surface area contributed by atoms with Crippen LogP contribution in [0, 0.1) is 0 Å². The van der Waals surface area contributed by atoms with E-state index in [0.29, 0.717) is 12.8 Å². The summed E-state index contributed by atoms with van der Waals surface area (Å²) in [6.07, 6.45) is 63.2. The second-order valence-electron chi connectivity index (χ2n) is 27.5. The molecule has 0 aliphatic carbocycles. The van der Waals surface area contributed by atoms with Gasteiger partial charge in [-0.2, -0.15) is 0 Å². The molecule has 2 aliphatic heterocycles. The highest BCUT2D eigenvalue weighted by atomic mass is 16.7. The number of allylic oxidation sites excluding steroid dienone is 6. The van der Waals surface area contributed by atoms with E-state index in [4.69, 9.17) is 18.9 Å². The Hall–Kier alpha value is -1.79. The average Bonchev–Trinajstić information content (AvgIpc) is 1.15. The topological polar surface area (TPSA) is 228 Å². The zero-order chi connectivity index (χ0) is 65.9. The molecule has 14 nitrogen and oxygen atoms in total. The Bertz CT molecular complexity index is 1670. The number of carbonyl (C=O) groups excluding carboxylic acids is 1. The van der Waals surface area contributed by atoms with Crippen LogP contribution in [0.4, 0.5) is 0 Å². The quantitative estimate of drug-likeness (QED) is 0.0204. The van der Waals surface area contributed by atoms with Crippen LogP contribution < -0.4 is 5.32 Å². The summed E-state index contributed by atoms with van der Waals surface area (Å²) in [5.41, 5.74) is 0. The first kappa shape index (κ1) is 85.3. The molecular formula is C77H145NO13. The molecule has 91 heavy (non-hydrogen) atoms. The number of hydrogen-bond acceptors (Lipinski definition) is 13. The summed E-state index contributed by atoms with van der Waals surface area (Å²) in [6.45, 7) is 2.90. The van der Waals surface area contributed by atoms with Crippen molar-refractivity contribution in [2.45, 2.75) is 428 Å². The van der Waals surface area contributed by atoms with Crippen molar-refractivity contribution in [2.24, 2.45) is 0 Å². The molecule has 12 unspecified atom stereocenters. The largest absolute Gasteiger partial charge is 0.394 e. The van der Waals surface area contributed by atoms with Crippen LogP contribution in [0.3, 0.4) is 0 Å². The van der Waals surface area contributed by atoms with Crippen molar-refractivity contribution < 1.29 is 64.6 Å². The molecule has 0 radical (unpaired) electrons. The number of nitrogens with one attached hydrogen (secondary N) is 1. The molecule has 2 saturated heterocycles. The van der Waals surface area contributed by atoms with E-state index in [1.165, 1.54) is 257 Å². The second-order valence-corrected chi connectivity index (χ2v) is 27.5. The van der Waals surface area contributed by atoms with Crippen molar-refractivity contribution in [2.75, 3.05) is 19.8 Å². The maximum Gasteiger partial charge on any atom is 0.220 e. The molecule has 2 aliphatic rings. The van der Waals surface area contributed by atoms with Gasteiger partial charge in [-0.25, -0.2) is 0 Å². The molecule has 536 valence electrons. The van der Waals surface area contributed by atoms with E-state index in [1.54, 1.807) is 0 Å². The zero-order valence-corrected chi connectivity index (χ0v) is 58.6. The molecule has 2 rings (SSSR count). The van der Waals surface area contributed by atoms with Crippen molar-refractivity contribution >= 4 is 5.91 Å². The maximum atomic E-state index is 13.4. The Morgan fingerprint density at radius 3 is 1.11 bits per heavy atom. The third-order valence-corrected chi connectivity index (χ3v) is 19.1. The summed E-state index contributed by atoms with van der Waals surface area (Å²) in [7, 11) is 0. The number of aliphatic hydroxyl groups excluding tert-OH is 8. The molecule has 1 amide bonds. The molecule has 2 fully saturated rings. The molecule has 14 heteroatoms. The third kappa shape index (κ3) is 45.4. The number of carbonyl (C=O) groups is 1. The molecule has 0 saturated carbocycles. The average molecular weight is 1290 g/mol. The van der Waals surface area contributed by atoms with Gasteiger partial charge in [-0.1, -0.05) is 333 Å². The van der Waals surface area contributed by atoms with Gasteiger partial charge in [0.05, 0.1) is 32.0 Å². The van der Waals surface area contributed by atoms with Crippen molar-refractivity contribution in [3.05, 3.63) is 36.5 Å². The Balaban J connectivity index is 1.62. The minimum absolute atomic E-state index is 0.206. The normalized spacial score (nSPS) is 22.9. The highest BCUT2D eigenvalue weighted by Crippen LogP contribution is 2.30. The van der Waals surface area contributed by atoms with E-state index in [1.807, 2.05) is 0 Å². The lowest BCUT2D eigenvalue weighted by molar-refractivity contribution is -0.359. The highest BCUT2D eigenvalue weighted by molar-refractivity contribution is 5.76. The fourth-order valence-corrected chi connectivity index (χ4v) is 13.0. The van der Waals surface area contributed by atoms with E-state index in [0.717, 1.165) is 70.6 Å². The first-order valence-electron chi connectivity index (χ1n) is 38.7. The standard InChI is InChI=1S/C77H145NO13/c1-3-5-7-9-11-13-15-17-19-21-23-25-27-29-30-31-32-33-34-35-37-38-40-42-44-46-48-50-52-54-56-58-60-66(81)65(64-88-76-74(87)72(85)75(68(63-80)90-76)91-77-73(86)71(84)70(83)67(62-79)89-77)78-69(82)61-59-57-55-53-51-49-47-45-43-41-39-36-28-26-24-22-20-18-16-14-12-10-8-6-4-2/h16,18,22,24,28,36,65-68,70-77,79-81,83-87H,3-15,17,19-21,23,25-27,29-35,37-64H2,1-2H3,(H,78,82)/b18-16-,24-22-,36-28-. The molecular weight excluding hydrogens is 1150 g/mol. The monoisotopic (exact) mass is 1290 g/mol. The summed E-state index contributed by atoms with van der Waals surface area (Å²) in [5.74, 6) is -0.206. The Morgan fingerprint density at radius 2 is 0.725 bits per heavy atom. The van der Waals surface area contributed by atoms with Gasteiger partial charge in [-0.05, 0) is 51.4 Å². The van der Waals surface area contributed by atoms with Gasteiger partial charge >= 0.3 is 0 Å². The SMILES string of the molecule is CCCCCCC/C=C\C/C=C\C/C=C\CCCCCCCCCCCCC(=O)NC(COC1OC(CO)C(OC2OC(CO)C(O)C(O)C2O)C(O)C1O)C(O)CCCCCCCCCCCCCCCCCCCCCCCCCCCCCCCCCC. The van der Waals surface area contributed by atoms with E-state index in [9.17, 15) is 45.6 Å². The van der Waals surface area contributed by atoms with Gasteiger partial charge in [0.2, 0.25) is 5.91 Å². The van der Waals surface area contributed by atoms with Gasteiger partial charge in [0, 0.05) is 6.42 Å². The first-order valence-corrected chi connectivity index (χ1v) is 38.7. The van der Waals surface area contributed by atoms with E-state index >= 15 is 0 Å². The number of amides is 1. The lowest BCUT2D eigenvalue weighted by atomic mass is 9.97. The number of hydrogen-bond donors (Lipinski definition) is 9. The molecule has 0 bridgehead atoms. The number of ether oxygens (including phenoxy) is 4. The van der Waals surface area contributed by atoms with Gasteiger partial charge in [0.15, 0.2) is 12.6 Å². The van der Waals surface area contributed by atoms with Gasteiger partial charge in [-0.3, -0.25) is 4.79 Å². The Morgan fingerprint density at radius 1 is 0.396 bits per heavy atom. The van der Waals surface area contributed by atoms with Crippen LogP contribution in [0.15, 0.2) is 36.5 Å². The van der Waals surface area contributed by atoms with Crippen molar-refractivity contribution in [3.8, 4) is 0 Å². The van der Waals surface area contributed by atoms with Gasteiger partial charge in [0.1, 0.15) is 48.8 Å². The van der Waals surface area contributed by atoms with E-state index < -0.39 is 86.8 Å². The molecule has 0 aromatic rings. The van der Waals surface area contributed by atoms with Crippen LogP contribution in [0.2, 0.25) is 0 Å². The van der Waals surface area contributed by atoms with Crippen molar-refractivity contribution in [1.29, 1.82) is 0 Å². The molecule has 9 N–H and O–H groups in total. The fraction of sp³-hybridized carbons (Fsp3) is 0.909. The van der Waals surface area contributed by atoms with Crippen LogP contribution in [-0.4, -0.2) is 140 Å². The lowest BCUT2D eigenvalue weighted by Crippen LogP contribution is -2.65. The molecule has 2 heterocycles. The zero-order valence-electron chi connectivity index (χ0n) is 58.6. The third-order valence-electron chi connectivity index (χ3n) is 19.1. The summed E-state index contributed by atoms with van der Waals surface area (Å²) < 4.78 is 23.0. The van der Waals surface area contributed by atoms with Crippen molar-refractivity contribution in [1.82, 2.24) is 5.32 Å². The maximum absolute atomic E-state index is 13.4. The van der Waals surface area contributed by atoms with Crippen LogP contribution in [0.5, 0.6) is 0 Å². The summed E-state index contributed by atoms with van der Waals surface area (Å²) >= 11 is 0. The van der Waals surface area contributed by atoms with Gasteiger partial charge < -0.3 is 65.1 Å². The summed E-state index contributed by atoms with van der Waals surface area (Å²) in [6, 6.07) is -0.834. The summed E-state index contributed by atoms with van der Waals surface area (Å²) in [4.78, 5) is 13.4. The number of aliphatic hydroxyl groups is 8. The minimum Gasteiger partial charge on any atom is -0.394 e. The number of unbranched alkanes of at least 4 members (excludes halogenated alkanes) is 46. The minimum atomic E-state index is -1.78. The second kappa shape index (κ2) is 61.8. The van der Waals surface area contributed by atoms with Crippen molar-refractivity contribution in [3.63, 3.8) is 0 Å². The van der Waals surface area contributed by atoms with Crippen LogP contribution in [0.1, 0.15) is 354 Å². The van der Waals surface area contributed by atoms with Crippen LogP contribution in [-0.2, 0) is 23.7 Å². The van der Waals surface area contributed by atoms with Gasteiger partial charge in [0.25, 0.3) is 0 Å². The highest BCUT2D eigenvalue weighted by Gasteiger charge is 2.51. The van der Waals surface area contributed by atoms with E-state index in [-0.39, 0.29) is 12.5 Å². The van der Waals surface area contributed by atoms with Crippen LogP contribution >= 0.6 is 0 Å². The first-order chi connectivity index (χ1) is 44.6. The lowest BCUT2D eigenvalue weighted by Gasteiger charge is -2.46. The molecule has 0 spiro atoms. The fourth-order valence-electron chi connectivity index (χ4n) is 13.0. The van der Waals surface area contributed by atoms with Crippen LogP contribution in [0.25, 0.3) is 0 Å². The number of rotatable bonds is 65. The Kier molecular flexibility index (Phi) is 57.9. The molecule has 12 atom stereocenters. The van der Waals surface area contributed by atoms with E-state index in [2.05, 4.69) is 55.6 Å². The van der Waals surface area contributed by atoms with Gasteiger partial charge in [-0.15, -0.1) is 0 Å². The molecule has 0 aromatic heterocycles.